The van der Waals surface area contributed by atoms with E-state index in [1.807, 2.05) is 48.5 Å². The van der Waals surface area contributed by atoms with E-state index in [-0.39, 0.29) is 49.1 Å². The van der Waals surface area contributed by atoms with E-state index >= 15 is 0 Å². The smallest absolute Gasteiger partial charge is 0.306 e. The van der Waals surface area contributed by atoms with Gasteiger partial charge in [-0.1, -0.05) is 49.2 Å². The van der Waals surface area contributed by atoms with Gasteiger partial charge in [0.05, 0.1) is 0 Å². The molecule has 2 aromatic carbocycles. The zero-order chi connectivity index (χ0) is 22.1. The van der Waals surface area contributed by atoms with Crippen molar-refractivity contribution in [3.05, 3.63) is 54.1 Å². The Morgan fingerprint density at radius 1 is 0.906 bits per heavy atom. The Morgan fingerprint density at radius 3 is 2.03 bits per heavy atom. The molecule has 0 aromatic heterocycles. The van der Waals surface area contributed by atoms with Gasteiger partial charge in [-0.05, 0) is 55.4 Å². The van der Waals surface area contributed by atoms with E-state index in [9.17, 15) is 9.59 Å². The highest BCUT2D eigenvalue weighted by Crippen LogP contribution is 2.23. The van der Waals surface area contributed by atoms with Crippen molar-refractivity contribution in [2.75, 3.05) is 5.32 Å². The van der Waals surface area contributed by atoms with E-state index in [0.717, 1.165) is 42.5 Å². The number of hydrogen-bond acceptors (Lipinski definition) is 4. The molecule has 6 nitrogen and oxygen atoms in total. The number of amides is 1. The molecule has 1 aliphatic carbocycles. The van der Waals surface area contributed by atoms with E-state index < -0.39 is 0 Å². The van der Waals surface area contributed by atoms with Crippen LogP contribution in [0.3, 0.4) is 0 Å². The lowest BCUT2D eigenvalue weighted by atomic mass is 10.0. The molecule has 32 heavy (non-hydrogen) atoms. The largest absolute Gasteiger partial charge is 0.462 e. The third-order valence-corrected chi connectivity index (χ3v) is 5.58. The topological polar surface area (TPSA) is 105 Å². The van der Waals surface area contributed by atoms with Crippen molar-refractivity contribution < 1.29 is 14.3 Å². The SMILES string of the molecule is Cl.N=C(N)c1ccc(-c2ccc(NC(=O)CCCC(=O)OC3CCCCCC3)cc2)cc1. The van der Waals surface area contributed by atoms with Gasteiger partial charge < -0.3 is 15.8 Å². The van der Waals surface area contributed by atoms with Gasteiger partial charge >= 0.3 is 5.97 Å². The fourth-order valence-corrected chi connectivity index (χ4v) is 3.81. The molecule has 0 aliphatic heterocycles. The number of carbonyl (C=O) groups is 2. The first-order chi connectivity index (χ1) is 15.0. The maximum Gasteiger partial charge on any atom is 0.306 e. The van der Waals surface area contributed by atoms with Crippen LogP contribution in [0, 0.1) is 5.41 Å². The number of ether oxygens (including phenoxy) is 1. The number of esters is 1. The Bertz CT molecular complexity index is 890. The summed E-state index contributed by atoms with van der Waals surface area (Å²) in [5, 5.41) is 10.3. The second kappa shape index (κ2) is 12.9. The van der Waals surface area contributed by atoms with Crippen LogP contribution < -0.4 is 11.1 Å². The number of rotatable bonds is 8. The summed E-state index contributed by atoms with van der Waals surface area (Å²) >= 11 is 0. The summed E-state index contributed by atoms with van der Waals surface area (Å²) in [4.78, 5) is 24.2. The molecule has 3 rings (SSSR count). The normalized spacial score (nSPS) is 14.0. The molecule has 0 unspecified atom stereocenters. The number of nitrogen functional groups attached to an aromatic ring is 1. The van der Waals surface area contributed by atoms with Gasteiger partial charge in [0.1, 0.15) is 11.9 Å². The number of carbonyl (C=O) groups excluding carboxylic acids is 2. The predicted molar refractivity (Wildman–Crippen MR) is 130 cm³/mol. The van der Waals surface area contributed by atoms with Gasteiger partial charge in [-0.15, -0.1) is 12.4 Å². The van der Waals surface area contributed by atoms with Crippen molar-refractivity contribution in [1.82, 2.24) is 0 Å². The number of benzene rings is 2. The molecule has 0 bridgehead atoms. The second-order valence-corrected chi connectivity index (χ2v) is 8.07. The van der Waals surface area contributed by atoms with Crippen LogP contribution in [-0.4, -0.2) is 23.8 Å². The maximum absolute atomic E-state index is 12.2. The number of nitrogens with one attached hydrogen (secondary N) is 2. The van der Waals surface area contributed by atoms with Gasteiger partial charge in [-0.25, -0.2) is 0 Å². The Labute approximate surface area is 195 Å². The number of halogens is 1. The van der Waals surface area contributed by atoms with Crippen molar-refractivity contribution in [1.29, 1.82) is 5.41 Å². The quantitative estimate of drug-likeness (QED) is 0.212. The molecule has 1 saturated carbocycles. The third-order valence-electron chi connectivity index (χ3n) is 5.58. The van der Waals surface area contributed by atoms with Crippen LogP contribution in [0.5, 0.6) is 0 Å². The first-order valence-corrected chi connectivity index (χ1v) is 11.1. The van der Waals surface area contributed by atoms with Gasteiger partial charge in [-0.3, -0.25) is 15.0 Å². The van der Waals surface area contributed by atoms with Crippen molar-refractivity contribution >= 4 is 35.8 Å². The summed E-state index contributed by atoms with van der Waals surface area (Å²) in [7, 11) is 0. The van der Waals surface area contributed by atoms with Crippen LogP contribution in [0.25, 0.3) is 11.1 Å². The summed E-state index contributed by atoms with van der Waals surface area (Å²) in [6, 6.07) is 15.0. The van der Waals surface area contributed by atoms with E-state index in [0.29, 0.717) is 12.0 Å². The molecular formula is C25H32ClN3O3. The van der Waals surface area contributed by atoms with Crippen LogP contribution in [-0.2, 0) is 14.3 Å². The minimum Gasteiger partial charge on any atom is -0.462 e. The fraction of sp³-hybridized carbons (Fsp3) is 0.400. The minimum atomic E-state index is -0.195. The molecule has 2 aromatic rings. The lowest BCUT2D eigenvalue weighted by Crippen LogP contribution is -2.18. The maximum atomic E-state index is 12.2. The Morgan fingerprint density at radius 2 is 1.47 bits per heavy atom. The Kier molecular flexibility index (Phi) is 10.2. The number of anilines is 1. The predicted octanol–water partition coefficient (Wildman–Crippen LogP) is 5.43. The van der Waals surface area contributed by atoms with Crippen molar-refractivity contribution in [2.24, 2.45) is 5.73 Å². The van der Waals surface area contributed by atoms with Crippen LogP contribution in [0.2, 0.25) is 0 Å². The molecule has 172 valence electrons. The van der Waals surface area contributed by atoms with Crippen molar-refractivity contribution in [3.63, 3.8) is 0 Å². The highest BCUT2D eigenvalue weighted by atomic mass is 35.5. The summed E-state index contributed by atoms with van der Waals surface area (Å²) in [6.07, 6.45) is 7.73. The highest BCUT2D eigenvalue weighted by molar-refractivity contribution is 5.95. The standard InChI is InChI=1S/C25H31N3O3.ClH/c26-25(27)20-12-10-18(11-13-20)19-14-16-21(17-15-19)28-23(29)8-5-9-24(30)31-22-6-3-1-2-4-7-22;/h10-17,22H,1-9H2,(H3,26,27)(H,28,29);1H. The average Bonchev–Trinajstić information content (AvgIpc) is 3.03. The molecule has 0 spiro atoms. The van der Waals surface area contributed by atoms with Gasteiger partial charge in [0, 0.05) is 24.1 Å². The van der Waals surface area contributed by atoms with Crippen molar-refractivity contribution in [3.8, 4) is 11.1 Å². The molecule has 0 atom stereocenters. The monoisotopic (exact) mass is 457 g/mol. The second-order valence-electron chi connectivity index (χ2n) is 8.07. The Hall–Kier alpha value is -2.86. The van der Waals surface area contributed by atoms with E-state index in [4.69, 9.17) is 15.9 Å². The summed E-state index contributed by atoms with van der Waals surface area (Å²) in [5.74, 6) is -0.261. The number of hydrogen-bond donors (Lipinski definition) is 3. The fourth-order valence-electron chi connectivity index (χ4n) is 3.81. The molecule has 1 aliphatic rings. The van der Waals surface area contributed by atoms with Gasteiger partial charge in [0.15, 0.2) is 0 Å². The summed E-state index contributed by atoms with van der Waals surface area (Å²) < 4.78 is 5.56. The van der Waals surface area contributed by atoms with Gasteiger partial charge in [-0.2, -0.15) is 0 Å². The first kappa shape index (κ1) is 25.4. The zero-order valence-corrected chi connectivity index (χ0v) is 19.1. The molecule has 0 saturated heterocycles. The average molecular weight is 458 g/mol. The summed E-state index contributed by atoms with van der Waals surface area (Å²) in [5.41, 5.74) is 8.91. The highest BCUT2D eigenvalue weighted by Gasteiger charge is 2.16. The minimum absolute atomic E-state index is 0. The van der Waals surface area contributed by atoms with Crippen molar-refractivity contribution in [2.45, 2.75) is 63.9 Å². The lowest BCUT2D eigenvalue weighted by molar-refractivity contribution is -0.149. The van der Waals surface area contributed by atoms with Crippen LogP contribution in [0.15, 0.2) is 48.5 Å². The van der Waals surface area contributed by atoms with Crippen LogP contribution >= 0.6 is 12.4 Å². The van der Waals surface area contributed by atoms with Crippen LogP contribution in [0.4, 0.5) is 5.69 Å². The van der Waals surface area contributed by atoms with E-state index in [2.05, 4.69) is 5.32 Å². The molecule has 0 radical (unpaired) electrons. The number of amidine groups is 1. The molecule has 1 amide bonds. The molecular weight excluding hydrogens is 426 g/mol. The molecule has 4 N–H and O–H groups in total. The molecule has 7 heteroatoms. The lowest BCUT2D eigenvalue weighted by Gasteiger charge is -2.15. The van der Waals surface area contributed by atoms with Gasteiger partial charge in [0.2, 0.25) is 5.91 Å². The molecule has 1 fully saturated rings. The number of nitrogens with two attached hydrogens (primary N) is 1. The summed E-state index contributed by atoms with van der Waals surface area (Å²) in [6.45, 7) is 0. The third kappa shape index (κ3) is 8.00. The van der Waals surface area contributed by atoms with Gasteiger partial charge in [0.25, 0.3) is 0 Å². The Balaban J connectivity index is 0.00000363. The molecule has 0 heterocycles. The first-order valence-electron chi connectivity index (χ1n) is 11.1. The zero-order valence-electron chi connectivity index (χ0n) is 18.3. The van der Waals surface area contributed by atoms with E-state index in [1.54, 1.807) is 0 Å². The van der Waals surface area contributed by atoms with E-state index in [1.165, 1.54) is 12.8 Å². The van der Waals surface area contributed by atoms with Crippen LogP contribution in [0.1, 0.15) is 63.4 Å².